The average molecular weight is 340 g/mol. The van der Waals surface area contributed by atoms with Gasteiger partial charge in [0.05, 0.1) is 14.2 Å². The lowest BCUT2D eigenvalue weighted by Gasteiger charge is -2.18. The molecule has 0 saturated carbocycles. The molecule has 130 valence electrons. The van der Waals surface area contributed by atoms with E-state index in [1.807, 2.05) is 13.0 Å². The van der Waals surface area contributed by atoms with Crippen molar-refractivity contribution in [1.82, 2.24) is 5.32 Å². The van der Waals surface area contributed by atoms with Crippen molar-refractivity contribution in [3.05, 3.63) is 52.6 Å². The molecule has 1 aliphatic heterocycles. The number of rotatable bonds is 4. The van der Waals surface area contributed by atoms with Crippen molar-refractivity contribution in [2.24, 2.45) is 0 Å². The number of benzene rings is 2. The fourth-order valence-electron chi connectivity index (χ4n) is 3.03. The summed E-state index contributed by atoms with van der Waals surface area (Å²) in [7, 11) is 3.10. The first-order valence-corrected chi connectivity index (χ1v) is 7.99. The molecule has 0 radical (unpaired) electrons. The summed E-state index contributed by atoms with van der Waals surface area (Å²) < 4.78 is 10.6. The summed E-state index contributed by atoms with van der Waals surface area (Å²) in [6.07, 6.45) is 0.750. The molecule has 0 fully saturated rings. The van der Waals surface area contributed by atoms with Crippen molar-refractivity contribution in [1.29, 1.82) is 0 Å². The predicted molar refractivity (Wildman–Crippen MR) is 94.7 cm³/mol. The largest absolute Gasteiger partial charge is 0.493 e. The third-order valence-corrected chi connectivity index (χ3v) is 4.33. The minimum atomic E-state index is -0.237. The number of amides is 2. The normalized spacial score (nSPS) is 12.8. The molecule has 0 bridgehead atoms. The highest BCUT2D eigenvalue weighted by molar-refractivity contribution is 6.06. The molecular weight excluding hydrogens is 320 g/mol. The van der Waals surface area contributed by atoms with E-state index >= 15 is 0 Å². The van der Waals surface area contributed by atoms with Gasteiger partial charge >= 0.3 is 0 Å². The molecular formula is C19H20N2O4. The summed E-state index contributed by atoms with van der Waals surface area (Å²) in [5, 5.41) is 5.69. The molecule has 6 heteroatoms. The molecule has 2 aromatic rings. The maximum Gasteiger partial charge on any atom is 0.256 e. The van der Waals surface area contributed by atoms with Gasteiger partial charge in [0.25, 0.3) is 11.8 Å². The smallest absolute Gasteiger partial charge is 0.256 e. The first-order chi connectivity index (χ1) is 12.0. The lowest BCUT2D eigenvalue weighted by molar-refractivity contribution is 0.0945. The molecule has 0 aromatic heterocycles. The first kappa shape index (κ1) is 16.8. The van der Waals surface area contributed by atoms with Gasteiger partial charge in [0, 0.05) is 28.9 Å². The molecule has 3 rings (SSSR count). The molecule has 2 N–H and O–H groups in total. The van der Waals surface area contributed by atoms with Gasteiger partial charge in [0.15, 0.2) is 11.5 Å². The fourth-order valence-corrected chi connectivity index (χ4v) is 3.03. The van der Waals surface area contributed by atoms with Gasteiger partial charge in [-0.15, -0.1) is 0 Å². The highest BCUT2D eigenvalue weighted by Gasteiger charge is 2.19. The number of hydrogen-bond donors (Lipinski definition) is 2. The topological polar surface area (TPSA) is 76.7 Å². The molecule has 6 nitrogen and oxygen atoms in total. The molecule has 0 saturated heterocycles. The van der Waals surface area contributed by atoms with Crippen LogP contribution in [0.1, 0.15) is 31.8 Å². The minimum absolute atomic E-state index is 0.0742. The number of nitrogens with one attached hydrogen (secondary N) is 2. The van der Waals surface area contributed by atoms with Crippen molar-refractivity contribution in [2.45, 2.75) is 13.3 Å². The Hall–Kier alpha value is -3.02. The van der Waals surface area contributed by atoms with Gasteiger partial charge in [-0.3, -0.25) is 9.59 Å². The summed E-state index contributed by atoms with van der Waals surface area (Å²) in [4.78, 5) is 24.4. The number of carbonyl (C=O) groups excluding carboxylic acids is 2. The Bertz CT molecular complexity index is 846. The monoisotopic (exact) mass is 340 g/mol. The van der Waals surface area contributed by atoms with Crippen LogP contribution in [0.25, 0.3) is 0 Å². The second-order valence-corrected chi connectivity index (χ2v) is 5.81. The van der Waals surface area contributed by atoms with Crippen LogP contribution in [0.3, 0.4) is 0 Å². The molecule has 1 heterocycles. The Labute approximate surface area is 146 Å². The van der Waals surface area contributed by atoms with Crippen LogP contribution in [0.2, 0.25) is 0 Å². The van der Waals surface area contributed by atoms with Crippen molar-refractivity contribution in [2.75, 3.05) is 26.1 Å². The van der Waals surface area contributed by atoms with E-state index in [1.54, 1.807) is 38.5 Å². The number of methoxy groups -OCH3 is 2. The van der Waals surface area contributed by atoms with Crippen LogP contribution >= 0.6 is 0 Å². The van der Waals surface area contributed by atoms with Crippen molar-refractivity contribution in [3.63, 3.8) is 0 Å². The zero-order chi connectivity index (χ0) is 18.0. The Kier molecular flexibility index (Phi) is 4.61. The van der Waals surface area contributed by atoms with Crippen molar-refractivity contribution < 1.29 is 19.1 Å². The van der Waals surface area contributed by atoms with E-state index in [2.05, 4.69) is 10.6 Å². The second-order valence-electron chi connectivity index (χ2n) is 5.81. The van der Waals surface area contributed by atoms with Gasteiger partial charge in [-0.05, 0) is 49.2 Å². The molecule has 25 heavy (non-hydrogen) atoms. The van der Waals surface area contributed by atoms with E-state index in [0.717, 1.165) is 12.0 Å². The van der Waals surface area contributed by atoms with E-state index < -0.39 is 0 Å². The number of anilines is 1. The van der Waals surface area contributed by atoms with Crippen LogP contribution in [0, 0.1) is 6.92 Å². The average Bonchev–Trinajstić information content (AvgIpc) is 2.61. The maximum atomic E-state index is 12.6. The van der Waals surface area contributed by atoms with Gasteiger partial charge in [-0.1, -0.05) is 0 Å². The minimum Gasteiger partial charge on any atom is -0.493 e. The summed E-state index contributed by atoms with van der Waals surface area (Å²) in [5.74, 6) is 0.808. The first-order valence-electron chi connectivity index (χ1n) is 7.99. The second kappa shape index (κ2) is 6.84. The summed E-state index contributed by atoms with van der Waals surface area (Å²) >= 11 is 0. The van der Waals surface area contributed by atoms with Crippen LogP contribution < -0.4 is 20.1 Å². The third kappa shape index (κ3) is 3.15. The Morgan fingerprint density at radius 1 is 1.16 bits per heavy atom. The molecule has 2 amide bonds. The third-order valence-electron chi connectivity index (χ3n) is 4.33. The van der Waals surface area contributed by atoms with Crippen LogP contribution in [-0.4, -0.2) is 32.6 Å². The SMILES string of the molecule is COc1ccc(C(=O)Nc2ccc3c(c2)CCNC3=O)c(C)c1OC. The molecule has 2 aromatic carbocycles. The number of ether oxygens (including phenoxy) is 2. The summed E-state index contributed by atoms with van der Waals surface area (Å²) in [6.45, 7) is 2.42. The molecule has 0 spiro atoms. The van der Waals surface area contributed by atoms with Crippen LogP contribution in [-0.2, 0) is 6.42 Å². The van der Waals surface area contributed by atoms with Gasteiger partial charge in [0.1, 0.15) is 0 Å². The lowest BCUT2D eigenvalue weighted by atomic mass is 9.99. The number of fused-ring (bicyclic) bond motifs is 1. The Morgan fingerprint density at radius 3 is 2.68 bits per heavy atom. The highest BCUT2D eigenvalue weighted by Crippen LogP contribution is 2.33. The summed E-state index contributed by atoms with van der Waals surface area (Å²) in [6, 6.07) is 8.73. The van der Waals surface area contributed by atoms with Gasteiger partial charge in [-0.2, -0.15) is 0 Å². The highest BCUT2D eigenvalue weighted by atomic mass is 16.5. The molecule has 0 aliphatic carbocycles. The predicted octanol–water partition coefficient (Wildman–Crippen LogP) is 2.55. The van der Waals surface area contributed by atoms with Gasteiger partial charge in [0.2, 0.25) is 0 Å². The van der Waals surface area contributed by atoms with E-state index in [1.165, 1.54) is 0 Å². The lowest BCUT2D eigenvalue weighted by Crippen LogP contribution is -2.31. The standard InChI is InChI=1S/C19H20N2O4/c1-11-14(6-7-16(24-2)17(11)25-3)19(23)21-13-4-5-15-12(10-13)8-9-20-18(15)22/h4-7,10H,8-9H2,1-3H3,(H,20,22)(H,21,23). The molecule has 0 unspecified atom stereocenters. The van der Waals surface area contributed by atoms with E-state index in [4.69, 9.17) is 9.47 Å². The number of hydrogen-bond acceptors (Lipinski definition) is 4. The van der Waals surface area contributed by atoms with Crippen molar-refractivity contribution in [3.8, 4) is 11.5 Å². The van der Waals surface area contributed by atoms with Crippen LogP contribution in [0.15, 0.2) is 30.3 Å². The zero-order valence-electron chi connectivity index (χ0n) is 14.4. The molecule has 1 aliphatic rings. The van der Waals surface area contributed by atoms with Crippen LogP contribution in [0.5, 0.6) is 11.5 Å². The Balaban J connectivity index is 1.87. The Morgan fingerprint density at radius 2 is 1.96 bits per heavy atom. The summed E-state index contributed by atoms with van der Waals surface area (Å²) in [5.41, 5.74) is 3.47. The number of carbonyl (C=O) groups is 2. The quantitative estimate of drug-likeness (QED) is 0.897. The van der Waals surface area contributed by atoms with Gasteiger partial charge < -0.3 is 20.1 Å². The van der Waals surface area contributed by atoms with Gasteiger partial charge in [-0.25, -0.2) is 0 Å². The van der Waals surface area contributed by atoms with E-state index in [0.29, 0.717) is 40.4 Å². The maximum absolute atomic E-state index is 12.6. The molecule has 0 atom stereocenters. The fraction of sp³-hybridized carbons (Fsp3) is 0.263. The van der Waals surface area contributed by atoms with E-state index in [-0.39, 0.29) is 11.8 Å². The van der Waals surface area contributed by atoms with Crippen molar-refractivity contribution >= 4 is 17.5 Å². The van der Waals surface area contributed by atoms with E-state index in [9.17, 15) is 9.59 Å². The zero-order valence-corrected chi connectivity index (χ0v) is 14.4. The van der Waals surface area contributed by atoms with Crippen LogP contribution in [0.4, 0.5) is 5.69 Å².